The van der Waals surface area contributed by atoms with Crippen LogP contribution in [-0.4, -0.2) is 6.29 Å². The monoisotopic (exact) mass is 180 g/mol. The summed E-state index contributed by atoms with van der Waals surface area (Å²) in [5.41, 5.74) is 0.411. The molecule has 2 saturated carbocycles. The fourth-order valence-corrected chi connectivity index (χ4v) is 3.45. The minimum Gasteiger partial charge on any atom is -0.303 e. The third-order valence-electron chi connectivity index (χ3n) is 5.05. The first kappa shape index (κ1) is 9.23. The van der Waals surface area contributed by atoms with Crippen LogP contribution in [0.3, 0.4) is 0 Å². The molecule has 2 aliphatic rings. The number of aldehydes is 1. The highest BCUT2D eigenvalue weighted by Gasteiger charge is 2.58. The van der Waals surface area contributed by atoms with E-state index in [1.807, 2.05) is 0 Å². The Hall–Kier alpha value is -0.330. The maximum absolute atomic E-state index is 11.2. The van der Waals surface area contributed by atoms with E-state index in [0.29, 0.717) is 5.41 Å². The van der Waals surface area contributed by atoms with E-state index in [0.717, 1.165) is 18.8 Å². The smallest absolute Gasteiger partial charge is 0.126 e. The molecule has 0 aromatic rings. The summed E-state index contributed by atoms with van der Waals surface area (Å²) < 4.78 is 0. The fraction of sp³-hybridized carbons (Fsp3) is 0.917. The predicted molar refractivity (Wildman–Crippen MR) is 53.5 cm³/mol. The van der Waals surface area contributed by atoms with Crippen molar-refractivity contribution in [1.82, 2.24) is 0 Å². The van der Waals surface area contributed by atoms with Crippen LogP contribution in [0.25, 0.3) is 0 Å². The Kier molecular flexibility index (Phi) is 2.01. The van der Waals surface area contributed by atoms with Gasteiger partial charge in [0.15, 0.2) is 0 Å². The molecule has 0 bridgehead atoms. The van der Waals surface area contributed by atoms with Crippen LogP contribution in [0.4, 0.5) is 0 Å². The summed E-state index contributed by atoms with van der Waals surface area (Å²) in [4.78, 5) is 11.2. The van der Waals surface area contributed by atoms with Gasteiger partial charge in [0.1, 0.15) is 6.29 Å². The summed E-state index contributed by atoms with van der Waals surface area (Å²) in [6.07, 6.45) is 8.76. The molecule has 1 heteroatoms. The van der Waals surface area contributed by atoms with Crippen LogP contribution >= 0.6 is 0 Å². The predicted octanol–water partition coefficient (Wildman–Crippen LogP) is 3.18. The van der Waals surface area contributed by atoms with Gasteiger partial charge >= 0.3 is 0 Å². The lowest BCUT2D eigenvalue weighted by molar-refractivity contribution is -0.146. The van der Waals surface area contributed by atoms with E-state index >= 15 is 0 Å². The molecule has 0 radical (unpaired) electrons. The van der Waals surface area contributed by atoms with Crippen LogP contribution in [0, 0.1) is 16.7 Å². The molecule has 13 heavy (non-hydrogen) atoms. The van der Waals surface area contributed by atoms with Crippen molar-refractivity contribution in [2.75, 3.05) is 0 Å². The lowest BCUT2D eigenvalue weighted by Crippen LogP contribution is -2.53. The zero-order chi connectivity index (χ0) is 9.53. The zero-order valence-corrected chi connectivity index (χ0v) is 8.81. The topological polar surface area (TPSA) is 17.1 Å². The summed E-state index contributed by atoms with van der Waals surface area (Å²) in [7, 11) is 0. The maximum Gasteiger partial charge on any atom is 0.126 e. The summed E-state index contributed by atoms with van der Waals surface area (Å²) in [6.45, 7) is 4.67. The van der Waals surface area contributed by atoms with E-state index < -0.39 is 0 Å². The van der Waals surface area contributed by atoms with Crippen molar-refractivity contribution in [2.24, 2.45) is 16.7 Å². The van der Waals surface area contributed by atoms with E-state index in [-0.39, 0.29) is 5.41 Å². The van der Waals surface area contributed by atoms with E-state index in [4.69, 9.17) is 0 Å². The van der Waals surface area contributed by atoms with Crippen LogP contribution in [-0.2, 0) is 4.79 Å². The molecule has 3 atom stereocenters. The molecule has 0 aromatic heterocycles. The highest BCUT2D eigenvalue weighted by Crippen LogP contribution is 2.64. The number of fused-ring (bicyclic) bond motifs is 1. The van der Waals surface area contributed by atoms with Gasteiger partial charge in [-0.15, -0.1) is 0 Å². The molecule has 1 nitrogen and oxygen atoms in total. The molecule has 3 unspecified atom stereocenters. The Morgan fingerprint density at radius 3 is 2.54 bits per heavy atom. The highest BCUT2D eigenvalue weighted by atomic mass is 16.1. The molecule has 0 aliphatic heterocycles. The van der Waals surface area contributed by atoms with Gasteiger partial charge in [-0.2, -0.15) is 0 Å². The lowest BCUT2D eigenvalue weighted by atomic mass is 9.46. The van der Waals surface area contributed by atoms with Crippen LogP contribution in [0.2, 0.25) is 0 Å². The van der Waals surface area contributed by atoms with Gasteiger partial charge < -0.3 is 4.79 Å². The van der Waals surface area contributed by atoms with Crippen molar-refractivity contribution in [3.63, 3.8) is 0 Å². The van der Waals surface area contributed by atoms with E-state index in [1.54, 1.807) is 0 Å². The summed E-state index contributed by atoms with van der Waals surface area (Å²) in [5, 5.41) is 0. The maximum atomic E-state index is 11.2. The second-order valence-corrected chi connectivity index (χ2v) is 5.34. The number of carbonyl (C=O) groups excluding carboxylic acids is 1. The van der Waals surface area contributed by atoms with Crippen LogP contribution in [0.1, 0.15) is 52.4 Å². The van der Waals surface area contributed by atoms with Crippen molar-refractivity contribution in [3.8, 4) is 0 Å². The van der Waals surface area contributed by atoms with Gasteiger partial charge in [0.2, 0.25) is 0 Å². The second kappa shape index (κ2) is 2.83. The quantitative estimate of drug-likeness (QED) is 0.566. The Morgan fingerprint density at radius 2 is 2.00 bits per heavy atom. The van der Waals surface area contributed by atoms with Crippen molar-refractivity contribution in [1.29, 1.82) is 0 Å². The van der Waals surface area contributed by atoms with Gasteiger partial charge in [-0.05, 0) is 30.6 Å². The average molecular weight is 180 g/mol. The van der Waals surface area contributed by atoms with Crippen molar-refractivity contribution in [2.45, 2.75) is 52.4 Å². The van der Waals surface area contributed by atoms with Crippen molar-refractivity contribution in [3.05, 3.63) is 0 Å². The van der Waals surface area contributed by atoms with E-state index in [9.17, 15) is 4.79 Å². The van der Waals surface area contributed by atoms with Gasteiger partial charge in [-0.3, -0.25) is 0 Å². The SMILES string of the molecule is CC1CCCCC2(C=O)CCC12C. The zero-order valence-electron chi connectivity index (χ0n) is 8.81. The van der Waals surface area contributed by atoms with Gasteiger partial charge in [0, 0.05) is 5.41 Å². The normalized spacial score (nSPS) is 50.2. The molecule has 0 heterocycles. The van der Waals surface area contributed by atoms with Crippen LogP contribution in [0.15, 0.2) is 0 Å². The third-order valence-corrected chi connectivity index (χ3v) is 5.05. The van der Waals surface area contributed by atoms with Crippen molar-refractivity contribution < 1.29 is 4.79 Å². The van der Waals surface area contributed by atoms with Crippen LogP contribution < -0.4 is 0 Å². The summed E-state index contributed by atoms with van der Waals surface area (Å²) >= 11 is 0. The molecule has 0 saturated heterocycles. The standard InChI is InChI=1S/C12H20O/c1-10-5-3-4-6-12(9-13)8-7-11(10,12)2/h9-10H,3-8H2,1-2H3. The fourth-order valence-electron chi connectivity index (χ4n) is 3.45. The lowest BCUT2D eigenvalue weighted by Gasteiger charge is -2.57. The van der Waals surface area contributed by atoms with Gasteiger partial charge in [-0.25, -0.2) is 0 Å². The molecular formula is C12H20O. The Labute approximate surface area is 80.9 Å². The number of hydrogen-bond donors (Lipinski definition) is 0. The average Bonchev–Trinajstić information content (AvgIpc) is 2.20. The molecule has 0 spiro atoms. The first-order valence-electron chi connectivity index (χ1n) is 5.61. The second-order valence-electron chi connectivity index (χ2n) is 5.34. The first-order valence-corrected chi connectivity index (χ1v) is 5.61. The number of rotatable bonds is 1. The molecule has 2 rings (SSSR count). The molecular weight excluding hydrogens is 160 g/mol. The highest BCUT2D eigenvalue weighted by molar-refractivity contribution is 5.63. The Bertz CT molecular complexity index is 223. The van der Waals surface area contributed by atoms with Gasteiger partial charge in [-0.1, -0.05) is 33.1 Å². The Morgan fingerprint density at radius 1 is 1.23 bits per heavy atom. The number of hydrogen-bond acceptors (Lipinski definition) is 1. The van der Waals surface area contributed by atoms with E-state index in [2.05, 4.69) is 13.8 Å². The van der Waals surface area contributed by atoms with Crippen molar-refractivity contribution >= 4 is 6.29 Å². The molecule has 0 N–H and O–H groups in total. The summed E-state index contributed by atoms with van der Waals surface area (Å²) in [5.74, 6) is 0.744. The number of carbonyl (C=O) groups is 1. The van der Waals surface area contributed by atoms with E-state index in [1.165, 1.54) is 32.0 Å². The largest absolute Gasteiger partial charge is 0.303 e. The van der Waals surface area contributed by atoms with Crippen LogP contribution in [0.5, 0.6) is 0 Å². The minimum absolute atomic E-state index is 0.0723. The molecule has 0 aromatic carbocycles. The first-order chi connectivity index (χ1) is 6.15. The summed E-state index contributed by atoms with van der Waals surface area (Å²) in [6, 6.07) is 0. The van der Waals surface area contributed by atoms with Gasteiger partial charge in [0.25, 0.3) is 0 Å². The molecule has 74 valence electrons. The third kappa shape index (κ3) is 1.02. The molecule has 2 aliphatic carbocycles. The van der Waals surface area contributed by atoms with Gasteiger partial charge in [0.05, 0.1) is 0 Å². The molecule has 2 fully saturated rings. The molecule has 0 amide bonds. The minimum atomic E-state index is 0.0723. The Balaban J connectivity index is 2.29.